The van der Waals surface area contributed by atoms with E-state index in [2.05, 4.69) is 0 Å². The van der Waals surface area contributed by atoms with Crippen LogP contribution in [0.1, 0.15) is 17.5 Å². The Morgan fingerprint density at radius 2 is 1.33 bits per heavy atom. The van der Waals surface area contributed by atoms with Gasteiger partial charge in [0.05, 0.1) is 0 Å². The summed E-state index contributed by atoms with van der Waals surface area (Å²) in [5.41, 5.74) is 1.65. The first kappa shape index (κ1) is 15.9. The van der Waals surface area contributed by atoms with Gasteiger partial charge in [-0.15, -0.1) is 0 Å². The van der Waals surface area contributed by atoms with Gasteiger partial charge in [0.25, 0.3) is 0 Å². The van der Waals surface area contributed by atoms with Crippen LogP contribution in [0.4, 0.5) is 0 Å². The molecule has 5 heteroatoms. The van der Waals surface area contributed by atoms with Gasteiger partial charge in [-0.05, 0) is 24.0 Å². The molecule has 0 aliphatic carbocycles. The molecule has 1 unspecified atom stereocenters. The fourth-order valence-electron chi connectivity index (χ4n) is 2.25. The van der Waals surface area contributed by atoms with E-state index < -0.39 is 12.9 Å². The van der Waals surface area contributed by atoms with Crippen LogP contribution in [0.3, 0.4) is 0 Å². The Kier molecular flexibility index (Phi) is 4.96. The molecule has 0 amide bonds. The molecule has 0 saturated carbocycles. The predicted octanol–water partition coefficient (Wildman–Crippen LogP) is 2.73. The van der Waals surface area contributed by atoms with E-state index in [9.17, 15) is 19.5 Å². The van der Waals surface area contributed by atoms with E-state index in [0.29, 0.717) is 12.0 Å². The largest absolute Gasteiger partial charge is 0.377 e. The van der Waals surface area contributed by atoms with Gasteiger partial charge in [0, 0.05) is 6.42 Å². The van der Waals surface area contributed by atoms with Crippen molar-refractivity contribution in [2.45, 2.75) is 24.6 Å². The first-order chi connectivity index (χ1) is 9.91. The number of aryl methyl sites for hydroxylation is 1. The average molecular weight is 306 g/mol. The van der Waals surface area contributed by atoms with Crippen LogP contribution in [0, 0.1) is 0 Å². The molecule has 0 fully saturated rings. The van der Waals surface area contributed by atoms with Crippen molar-refractivity contribution in [3.63, 3.8) is 0 Å². The van der Waals surface area contributed by atoms with E-state index in [-0.39, 0.29) is 12.8 Å². The van der Waals surface area contributed by atoms with E-state index >= 15 is 0 Å². The summed E-state index contributed by atoms with van der Waals surface area (Å²) in [4.78, 5) is 19.1. The average Bonchev–Trinajstić information content (AvgIpc) is 2.46. The number of hydrogen-bond acceptors (Lipinski definition) is 2. The van der Waals surface area contributed by atoms with Crippen LogP contribution < -0.4 is 0 Å². The van der Waals surface area contributed by atoms with E-state index in [4.69, 9.17) is 0 Å². The zero-order valence-corrected chi connectivity index (χ0v) is 12.5. The maximum absolute atomic E-state index is 11.7. The van der Waals surface area contributed by atoms with E-state index in [1.54, 1.807) is 24.3 Å². The molecule has 0 aliphatic heterocycles. The van der Waals surface area contributed by atoms with Gasteiger partial charge >= 0.3 is 7.60 Å². The highest BCUT2D eigenvalue weighted by atomic mass is 31.2. The van der Waals surface area contributed by atoms with Gasteiger partial charge in [-0.1, -0.05) is 60.7 Å². The van der Waals surface area contributed by atoms with Crippen LogP contribution in [0.5, 0.6) is 0 Å². The molecule has 0 aliphatic rings. The molecule has 0 bridgehead atoms. The van der Waals surface area contributed by atoms with Crippen LogP contribution >= 0.6 is 7.60 Å². The van der Waals surface area contributed by atoms with Gasteiger partial charge in [-0.2, -0.15) is 0 Å². The zero-order valence-electron chi connectivity index (χ0n) is 11.6. The highest BCUT2D eigenvalue weighted by Gasteiger charge is 2.44. The molecule has 1 atom stereocenters. The number of benzene rings is 2. The normalized spacial score (nSPS) is 14.6. The fraction of sp³-hybridized carbons (Fsp3) is 0.250. The molecular formula is C16H19O4P. The third kappa shape index (κ3) is 4.26. The van der Waals surface area contributed by atoms with Crippen molar-refractivity contribution in [2.24, 2.45) is 0 Å². The summed E-state index contributed by atoms with van der Waals surface area (Å²) < 4.78 is 11.7. The van der Waals surface area contributed by atoms with Crippen molar-refractivity contribution in [1.29, 1.82) is 0 Å². The minimum absolute atomic E-state index is 0.0101. The summed E-state index contributed by atoms with van der Waals surface area (Å²) in [6.07, 6.45) is 0.358. The Labute approximate surface area is 124 Å². The second-order valence-corrected chi connectivity index (χ2v) is 7.09. The summed E-state index contributed by atoms with van der Waals surface area (Å²) in [6.45, 7) is 0. The van der Waals surface area contributed by atoms with Gasteiger partial charge in [0.1, 0.15) is 0 Å². The standard InChI is InChI=1S/C16H19O4P/c17-16(21(18,19)20,13-15-9-5-2-6-10-15)12-11-14-7-3-1-4-8-14/h1-10,17H,11-13H2,(H2,18,19,20). The van der Waals surface area contributed by atoms with Crippen LogP contribution in [-0.2, 0) is 17.4 Å². The van der Waals surface area contributed by atoms with Crippen LogP contribution in [0.2, 0.25) is 0 Å². The molecule has 2 aromatic carbocycles. The first-order valence-electron chi connectivity index (χ1n) is 6.77. The number of hydrogen-bond donors (Lipinski definition) is 3. The highest BCUT2D eigenvalue weighted by Crippen LogP contribution is 2.52. The summed E-state index contributed by atoms with van der Waals surface area (Å²) in [6, 6.07) is 18.3. The SMILES string of the molecule is O=P(O)(O)C(O)(CCc1ccccc1)Cc1ccccc1. The predicted molar refractivity (Wildman–Crippen MR) is 81.9 cm³/mol. The molecule has 2 aromatic rings. The molecular weight excluding hydrogens is 287 g/mol. The third-order valence-corrected chi connectivity index (χ3v) is 5.00. The lowest BCUT2D eigenvalue weighted by molar-refractivity contribution is 0.0828. The van der Waals surface area contributed by atoms with Crippen molar-refractivity contribution in [2.75, 3.05) is 0 Å². The fourth-order valence-corrected chi connectivity index (χ4v) is 3.04. The molecule has 112 valence electrons. The maximum atomic E-state index is 11.7. The van der Waals surface area contributed by atoms with Crippen LogP contribution in [0.15, 0.2) is 60.7 Å². The Balaban J connectivity index is 2.16. The Bertz CT molecular complexity index is 609. The Hall–Kier alpha value is -1.45. The van der Waals surface area contributed by atoms with Crippen LogP contribution in [0.25, 0.3) is 0 Å². The molecule has 0 saturated heterocycles. The minimum Gasteiger partial charge on any atom is -0.377 e. The second-order valence-electron chi connectivity index (χ2n) is 5.17. The van der Waals surface area contributed by atoms with Gasteiger partial charge in [-0.25, -0.2) is 0 Å². The van der Waals surface area contributed by atoms with Crippen molar-refractivity contribution >= 4 is 7.60 Å². The molecule has 0 heterocycles. The van der Waals surface area contributed by atoms with Gasteiger partial charge in [0.2, 0.25) is 0 Å². The third-order valence-electron chi connectivity index (χ3n) is 3.53. The Morgan fingerprint density at radius 3 is 1.81 bits per heavy atom. The molecule has 0 aromatic heterocycles. The lowest BCUT2D eigenvalue weighted by atomic mass is 10.0. The highest BCUT2D eigenvalue weighted by molar-refractivity contribution is 7.53. The Morgan fingerprint density at radius 1 is 0.857 bits per heavy atom. The maximum Gasteiger partial charge on any atom is 0.357 e. The zero-order chi connectivity index (χ0) is 15.3. The van der Waals surface area contributed by atoms with Crippen molar-refractivity contribution in [3.8, 4) is 0 Å². The van der Waals surface area contributed by atoms with Gasteiger partial charge in [-0.3, -0.25) is 4.57 Å². The van der Waals surface area contributed by atoms with Crippen molar-refractivity contribution in [3.05, 3.63) is 71.8 Å². The number of rotatable bonds is 6. The second kappa shape index (κ2) is 6.54. The van der Waals surface area contributed by atoms with Gasteiger partial charge < -0.3 is 14.9 Å². The lowest BCUT2D eigenvalue weighted by Crippen LogP contribution is -2.32. The summed E-state index contributed by atoms with van der Waals surface area (Å²) in [5.74, 6) is 0. The molecule has 2 rings (SSSR count). The summed E-state index contributed by atoms with van der Waals surface area (Å²) >= 11 is 0. The summed E-state index contributed by atoms with van der Waals surface area (Å²) in [5, 5.41) is 8.46. The van der Waals surface area contributed by atoms with E-state index in [1.165, 1.54) is 0 Å². The quantitative estimate of drug-likeness (QED) is 0.717. The number of aliphatic hydroxyl groups is 1. The van der Waals surface area contributed by atoms with Crippen molar-refractivity contribution < 1.29 is 19.5 Å². The molecule has 21 heavy (non-hydrogen) atoms. The molecule has 0 spiro atoms. The molecule has 3 N–H and O–H groups in total. The molecule has 0 radical (unpaired) electrons. The molecule has 4 nitrogen and oxygen atoms in total. The topological polar surface area (TPSA) is 77.8 Å². The van der Waals surface area contributed by atoms with Crippen LogP contribution in [-0.4, -0.2) is 20.2 Å². The smallest absolute Gasteiger partial charge is 0.357 e. The van der Waals surface area contributed by atoms with Gasteiger partial charge in [0.15, 0.2) is 5.34 Å². The van der Waals surface area contributed by atoms with Crippen molar-refractivity contribution in [1.82, 2.24) is 0 Å². The summed E-state index contributed by atoms with van der Waals surface area (Å²) in [7, 11) is -4.63. The lowest BCUT2D eigenvalue weighted by Gasteiger charge is -2.29. The first-order valence-corrected chi connectivity index (χ1v) is 8.38. The van der Waals surface area contributed by atoms with E-state index in [0.717, 1.165) is 5.56 Å². The van der Waals surface area contributed by atoms with E-state index in [1.807, 2.05) is 36.4 Å². The minimum atomic E-state index is -4.63. The monoisotopic (exact) mass is 306 g/mol.